The van der Waals surface area contributed by atoms with Crippen LogP contribution in [-0.2, 0) is 4.74 Å². The van der Waals surface area contributed by atoms with Gasteiger partial charge in [-0.25, -0.2) is 0 Å². The Bertz CT molecular complexity index is 343. The molecule has 18 heavy (non-hydrogen) atoms. The van der Waals surface area contributed by atoms with E-state index in [2.05, 4.69) is 5.32 Å². The van der Waals surface area contributed by atoms with Gasteiger partial charge in [0, 0.05) is 13.1 Å². The molecule has 0 radical (unpaired) electrons. The monoisotopic (exact) mass is 272 g/mol. The van der Waals surface area contributed by atoms with Gasteiger partial charge in [-0.1, -0.05) is 12.1 Å². The number of rotatable bonds is 5. The van der Waals surface area contributed by atoms with Crippen molar-refractivity contribution in [3.63, 3.8) is 0 Å². The van der Waals surface area contributed by atoms with E-state index < -0.39 is 0 Å². The van der Waals surface area contributed by atoms with E-state index in [4.69, 9.17) is 14.2 Å². The first-order chi connectivity index (χ1) is 8.40. The molecule has 0 saturated carbocycles. The van der Waals surface area contributed by atoms with Gasteiger partial charge in [0.15, 0.2) is 11.5 Å². The van der Waals surface area contributed by atoms with Gasteiger partial charge in [-0.3, -0.25) is 0 Å². The lowest BCUT2D eigenvalue weighted by Gasteiger charge is -2.24. The van der Waals surface area contributed by atoms with Crippen LogP contribution in [0.25, 0.3) is 0 Å². The molecule has 5 heteroatoms. The van der Waals surface area contributed by atoms with E-state index in [9.17, 15) is 0 Å². The quantitative estimate of drug-likeness (QED) is 0.705. The molecule has 1 heterocycles. The molecule has 0 spiro atoms. The minimum Gasteiger partial charge on any atom is -1.00 e. The van der Waals surface area contributed by atoms with Crippen LogP contribution in [0.5, 0.6) is 11.5 Å². The van der Waals surface area contributed by atoms with Gasteiger partial charge in [-0.2, -0.15) is 0 Å². The Morgan fingerprint density at radius 1 is 1.28 bits per heavy atom. The van der Waals surface area contributed by atoms with Crippen LogP contribution in [0.3, 0.4) is 0 Å². The van der Waals surface area contributed by atoms with Gasteiger partial charge in [0.2, 0.25) is 0 Å². The second kappa shape index (κ2) is 8.19. The average molecular weight is 273 g/mol. The highest BCUT2D eigenvalue weighted by atomic mass is 35.5. The maximum atomic E-state index is 5.74. The Labute approximate surface area is 114 Å². The first kappa shape index (κ1) is 15.1. The van der Waals surface area contributed by atoms with Crippen molar-refractivity contribution >= 4 is 0 Å². The fourth-order valence-corrected chi connectivity index (χ4v) is 1.75. The van der Waals surface area contributed by atoms with Gasteiger partial charge < -0.3 is 31.9 Å². The van der Waals surface area contributed by atoms with Crippen molar-refractivity contribution in [1.29, 1.82) is 0 Å². The predicted octanol–water partition coefficient (Wildman–Crippen LogP) is -1.54. The normalized spacial score (nSPS) is 18.8. The molecule has 0 amide bonds. The van der Waals surface area contributed by atoms with E-state index in [1.807, 2.05) is 31.2 Å². The number of morpholine rings is 1. The number of halogens is 1. The highest BCUT2D eigenvalue weighted by Crippen LogP contribution is 2.26. The average Bonchev–Trinajstić information content (AvgIpc) is 2.39. The first-order valence-electron chi connectivity index (χ1n) is 6.07. The summed E-state index contributed by atoms with van der Waals surface area (Å²) in [5.74, 6) is 1.57. The zero-order chi connectivity index (χ0) is 11.9. The third-order valence-electron chi connectivity index (χ3n) is 2.58. The fraction of sp³-hybridized carbons (Fsp3) is 0.538. The molecule has 1 aromatic rings. The second-order valence-corrected chi connectivity index (χ2v) is 3.89. The summed E-state index contributed by atoms with van der Waals surface area (Å²) >= 11 is 0. The van der Waals surface area contributed by atoms with Crippen LogP contribution in [0, 0.1) is 0 Å². The molecule has 2 rings (SSSR count). The maximum Gasteiger partial charge on any atom is 0.161 e. The summed E-state index contributed by atoms with van der Waals surface area (Å²) < 4.78 is 16.8. The molecule has 1 fully saturated rings. The van der Waals surface area contributed by atoms with E-state index in [-0.39, 0.29) is 18.5 Å². The number of nitrogens with one attached hydrogen (secondary N) is 1. The van der Waals surface area contributed by atoms with Crippen molar-refractivity contribution in [1.82, 2.24) is 5.32 Å². The molecule has 1 aliphatic heterocycles. The molecule has 4 nitrogen and oxygen atoms in total. The van der Waals surface area contributed by atoms with Gasteiger partial charge >= 0.3 is 0 Å². The molecule has 0 bridgehead atoms. The van der Waals surface area contributed by atoms with Crippen LogP contribution in [0.1, 0.15) is 6.92 Å². The Kier molecular flexibility index (Phi) is 6.86. The SMILES string of the molecule is CCOc1ccccc1OCC1CNCCO1.[Cl-]. The van der Waals surface area contributed by atoms with Crippen LogP contribution in [0.4, 0.5) is 0 Å². The third kappa shape index (κ3) is 4.37. The van der Waals surface area contributed by atoms with Crippen molar-refractivity contribution < 1.29 is 26.6 Å². The molecule has 1 N–H and O–H groups in total. The van der Waals surface area contributed by atoms with Crippen LogP contribution in [0.15, 0.2) is 24.3 Å². The van der Waals surface area contributed by atoms with Crippen molar-refractivity contribution in [3.05, 3.63) is 24.3 Å². The largest absolute Gasteiger partial charge is 1.00 e. The van der Waals surface area contributed by atoms with Crippen LogP contribution in [0.2, 0.25) is 0 Å². The summed E-state index contributed by atoms with van der Waals surface area (Å²) in [5, 5.41) is 3.27. The molecule has 1 aromatic carbocycles. The minimum atomic E-state index is 0. The minimum absolute atomic E-state index is 0. The van der Waals surface area contributed by atoms with Gasteiger partial charge in [0.25, 0.3) is 0 Å². The summed E-state index contributed by atoms with van der Waals surface area (Å²) in [6.45, 7) is 5.67. The lowest BCUT2D eigenvalue weighted by Crippen LogP contribution is -3.00. The van der Waals surface area contributed by atoms with Gasteiger partial charge in [-0.05, 0) is 19.1 Å². The Morgan fingerprint density at radius 2 is 2.00 bits per heavy atom. The number of hydrogen-bond donors (Lipinski definition) is 1. The number of para-hydroxylation sites is 2. The highest BCUT2D eigenvalue weighted by molar-refractivity contribution is 5.39. The zero-order valence-corrected chi connectivity index (χ0v) is 11.3. The molecular weight excluding hydrogens is 254 g/mol. The maximum absolute atomic E-state index is 5.74. The summed E-state index contributed by atoms with van der Waals surface area (Å²) in [7, 11) is 0. The summed E-state index contributed by atoms with van der Waals surface area (Å²) in [4.78, 5) is 0. The fourth-order valence-electron chi connectivity index (χ4n) is 1.75. The van der Waals surface area contributed by atoms with Crippen molar-refractivity contribution in [2.75, 3.05) is 32.9 Å². The lowest BCUT2D eigenvalue weighted by atomic mass is 10.3. The van der Waals surface area contributed by atoms with Crippen molar-refractivity contribution in [3.8, 4) is 11.5 Å². The molecular formula is C13H19ClNO3-. The number of benzene rings is 1. The molecule has 102 valence electrons. The van der Waals surface area contributed by atoms with Crippen LogP contribution >= 0.6 is 0 Å². The van der Waals surface area contributed by atoms with Gasteiger partial charge in [0.1, 0.15) is 12.7 Å². The van der Waals surface area contributed by atoms with E-state index in [0.717, 1.165) is 31.2 Å². The molecule has 1 aliphatic rings. The third-order valence-corrected chi connectivity index (χ3v) is 2.58. The standard InChI is InChI=1S/C13H19NO3.ClH/c1-2-15-12-5-3-4-6-13(12)17-10-11-9-14-7-8-16-11;/h3-6,11,14H,2,7-10H2,1H3;1H/p-1. The van der Waals surface area contributed by atoms with Gasteiger partial charge in [-0.15, -0.1) is 0 Å². The van der Waals surface area contributed by atoms with E-state index >= 15 is 0 Å². The Morgan fingerprint density at radius 3 is 2.61 bits per heavy atom. The predicted molar refractivity (Wildman–Crippen MR) is 65.7 cm³/mol. The molecule has 1 saturated heterocycles. The van der Waals surface area contributed by atoms with E-state index in [1.54, 1.807) is 0 Å². The molecule has 0 aromatic heterocycles. The summed E-state index contributed by atoms with van der Waals surface area (Å²) in [5.41, 5.74) is 0. The number of hydrogen-bond acceptors (Lipinski definition) is 4. The molecule has 0 aliphatic carbocycles. The lowest BCUT2D eigenvalue weighted by molar-refractivity contribution is -0.000439. The summed E-state index contributed by atoms with van der Waals surface area (Å²) in [6.07, 6.45) is 0.124. The van der Waals surface area contributed by atoms with Gasteiger partial charge in [0.05, 0.1) is 13.2 Å². The highest BCUT2D eigenvalue weighted by Gasteiger charge is 2.14. The molecule has 1 unspecified atom stereocenters. The second-order valence-electron chi connectivity index (χ2n) is 3.89. The molecule has 1 atom stereocenters. The van der Waals surface area contributed by atoms with Crippen molar-refractivity contribution in [2.45, 2.75) is 13.0 Å². The van der Waals surface area contributed by atoms with E-state index in [1.165, 1.54) is 0 Å². The van der Waals surface area contributed by atoms with Crippen LogP contribution < -0.4 is 27.2 Å². The Hall–Kier alpha value is -0.970. The van der Waals surface area contributed by atoms with Crippen molar-refractivity contribution in [2.24, 2.45) is 0 Å². The smallest absolute Gasteiger partial charge is 0.161 e. The summed E-state index contributed by atoms with van der Waals surface area (Å²) in [6, 6.07) is 7.72. The first-order valence-corrected chi connectivity index (χ1v) is 6.07. The number of ether oxygens (including phenoxy) is 3. The van der Waals surface area contributed by atoms with Crippen LogP contribution in [-0.4, -0.2) is 39.0 Å². The van der Waals surface area contributed by atoms with E-state index in [0.29, 0.717) is 13.2 Å². The Balaban J connectivity index is 0.00000162. The topological polar surface area (TPSA) is 39.7 Å². The zero-order valence-electron chi connectivity index (χ0n) is 10.5.